The zero-order valence-electron chi connectivity index (χ0n) is 16.7. The van der Waals surface area contributed by atoms with Gasteiger partial charge in [-0.15, -0.1) is 0 Å². The van der Waals surface area contributed by atoms with Crippen molar-refractivity contribution in [1.82, 2.24) is 19.3 Å². The number of aliphatic hydroxyl groups is 1. The summed E-state index contributed by atoms with van der Waals surface area (Å²) in [6, 6.07) is 3.95. The lowest BCUT2D eigenvalue weighted by Gasteiger charge is -2.35. The van der Waals surface area contributed by atoms with E-state index in [1.165, 1.54) is 10.4 Å². The Bertz CT molecular complexity index is 935. The number of hydrogen-bond donors (Lipinski definition) is 1. The van der Waals surface area contributed by atoms with Gasteiger partial charge in [-0.2, -0.15) is 17.5 Å². The molecule has 0 aliphatic carbocycles. The molecule has 170 valence electrons. The van der Waals surface area contributed by atoms with Gasteiger partial charge >= 0.3 is 6.18 Å². The van der Waals surface area contributed by atoms with E-state index in [4.69, 9.17) is 0 Å². The van der Waals surface area contributed by atoms with Crippen LogP contribution in [0.2, 0.25) is 0 Å². The first-order valence-electron chi connectivity index (χ1n) is 9.85. The smallest absolute Gasteiger partial charge is 0.392 e. The fourth-order valence-electron chi connectivity index (χ4n) is 3.32. The number of piperazine rings is 1. The van der Waals surface area contributed by atoms with Gasteiger partial charge in [-0.1, -0.05) is 0 Å². The molecule has 31 heavy (non-hydrogen) atoms. The number of anilines is 1. The van der Waals surface area contributed by atoms with Gasteiger partial charge in [0.05, 0.1) is 17.4 Å². The van der Waals surface area contributed by atoms with Crippen molar-refractivity contribution >= 4 is 15.8 Å². The molecule has 1 saturated heterocycles. The van der Waals surface area contributed by atoms with E-state index in [-0.39, 0.29) is 18.8 Å². The fourth-order valence-corrected chi connectivity index (χ4v) is 4.91. The van der Waals surface area contributed by atoms with Gasteiger partial charge in [0.25, 0.3) is 0 Å². The molecule has 1 fully saturated rings. The maximum atomic E-state index is 12.7. The van der Waals surface area contributed by atoms with E-state index in [2.05, 4.69) is 15.0 Å². The number of hydrogen-bond acceptors (Lipinski definition) is 7. The zero-order valence-corrected chi connectivity index (χ0v) is 17.6. The zero-order chi connectivity index (χ0) is 22.5. The normalized spacial score (nSPS) is 17.0. The third-order valence-corrected chi connectivity index (χ3v) is 6.95. The van der Waals surface area contributed by atoms with Crippen molar-refractivity contribution in [3.63, 3.8) is 0 Å². The molecule has 0 radical (unpaired) electrons. The van der Waals surface area contributed by atoms with Crippen molar-refractivity contribution < 1.29 is 26.7 Å². The second-order valence-electron chi connectivity index (χ2n) is 7.28. The van der Waals surface area contributed by atoms with Crippen molar-refractivity contribution in [1.29, 1.82) is 0 Å². The first-order valence-corrected chi connectivity index (χ1v) is 11.5. The highest BCUT2D eigenvalue weighted by Crippen LogP contribution is 2.29. The van der Waals surface area contributed by atoms with Crippen molar-refractivity contribution in [2.75, 3.05) is 36.8 Å². The van der Waals surface area contributed by atoms with E-state index in [9.17, 15) is 26.7 Å². The van der Waals surface area contributed by atoms with E-state index in [0.29, 0.717) is 44.0 Å². The van der Waals surface area contributed by atoms with Crippen LogP contribution in [0, 0.1) is 0 Å². The Hall–Kier alpha value is -2.31. The van der Waals surface area contributed by atoms with Crippen LogP contribution in [0.25, 0.3) is 0 Å². The minimum absolute atomic E-state index is 0.176. The monoisotopic (exact) mass is 459 g/mol. The Labute approximate surface area is 178 Å². The first kappa shape index (κ1) is 23.4. The molecule has 1 atom stereocenters. The summed E-state index contributed by atoms with van der Waals surface area (Å²) in [4.78, 5) is 13.8. The molecule has 0 aromatic carbocycles. The van der Waals surface area contributed by atoms with Gasteiger partial charge in [-0.3, -0.25) is 0 Å². The highest BCUT2D eigenvalue weighted by Gasteiger charge is 2.32. The van der Waals surface area contributed by atoms with E-state index >= 15 is 0 Å². The van der Waals surface area contributed by atoms with Gasteiger partial charge in [-0.05, 0) is 31.0 Å². The molecule has 1 unspecified atom stereocenters. The van der Waals surface area contributed by atoms with Gasteiger partial charge in [0.1, 0.15) is 11.6 Å². The molecular formula is C19H24F3N5O3S. The largest absolute Gasteiger partial charge is 0.417 e. The number of rotatable bonds is 8. The van der Waals surface area contributed by atoms with Crippen LogP contribution in [0.4, 0.5) is 19.0 Å². The van der Waals surface area contributed by atoms with Gasteiger partial charge in [0.2, 0.25) is 10.0 Å². The predicted molar refractivity (Wildman–Crippen MR) is 108 cm³/mol. The van der Waals surface area contributed by atoms with Crippen LogP contribution >= 0.6 is 0 Å². The van der Waals surface area contributed by atoms with Crippen LogP contribution < -0.4 is 4.90 Å². The number of aryl methyl sites for hydroxylation is 1. The molecule has 12 heteroatoms. The van der Waals surface area contributed by atoms with Crippen LogP contribution in [0.15, 0.2) is 36.8 Å². The molecule has 3 rings (SSSR count). The second kappa shape index (κ2) is 9.88. The summed E-state index contributed by atoms with van der Waals surface area (Å²) in [6.45, 7) is 0.962. The van der Waals surface area contributed by atoms with Crippen LogP contribution in [0.3, 0.4) is 0 Å². The van der Waals surface area contributed by atoms with Crippen LogP contribution in [-0.4, -0.2) is 70.8 Å². The summed E-state index contributed by atoms with van der Waals surface area (Å²) in [6.07, 6.45) is 0.00945. The Morgan fingerprint density at radius 1 is 1.06 bits per heavy atom. The van der Waals surface area contributed by atoms with Gasteiger partial charge in [0.15, 0.2) is 0 Å². The predicted octanol–water partition coefficient (Wildman–Crippen LogP) is 1.73. The molecule has 0 amide bonds. The van der Waals surface area contributed by atoms with Crippen molar-refractivity contribution in [3.05, 3.63) is 48.2 Å². The lowest BCUT2D eigenvalue weighted by molar-refractivity contribution is -0.137. The number of halogens is 3. The molecule has 1 aliphatic heterocycles. The molecular weight excluding hydrogens is 435 g/mol. The maximum Gasteiger partial charge on any atom is 0.417 e. The third-order valence-electron chi connectivity index (χ3n) is 4.99. The highest BCUT2D eigenvalue weighted by molar-refractivity contribution is 7.89. The molecule has 0 bridgehead atoms. The molecule has 1 N–H and O–H groups in total. The summed E-state index contributed by atoms with van der Waals surface area (Å²) in [5.74, 6) is 0.639. The molecule has 1 aliphatic rings. The molecule has 2 aromatic heterocycles. The highest BCUT2D eigenvalue weighted by atomic mass is 32.2. The summed E-state index contributed by atoms with van der Waals surface area (Å²) in [7, 11) is -3.65. The number of aliphatic hydroxyl groups excluding tert-OH is 1. The quantitative estimate of drug-likeness (QED) is 0.642. The molecule has 0 spiro atoms. The first-order chi connectivity index (χ1) is 14.6. The van der Waals surface area contributed by atoms with Crippen LogP contribution in [0.1, 0.15) is 24.2 Å². The van der Waals surface area contributed by atoms with Gasteiger partial charge in [-0.25, -0.2) is 23.4 Å². The molecule has 3 heterocycles. The molecule has 2 aromatic rings. The lowest BCUT2D eigenvalue weighted by atomic mass is 10.1. The second-order valence-corrected chi connectivity index (χ2v) is 9.29. The molecule has 8 nitrogen and oxygen atoms in total. The third kappa shape index (κ3) is 6.58. The lowest BCUT2D eigenvalue weighted by Crippen LogP contribution is -2.50. The summed E-state index contributed by atoms with van der Waals surface area (Å²) < 4.78 is 64.5. The Morgan fingerprint density at radius 2 is 1.74 bits per heavy atom. The minimum atomic E-state index is -4.45. The minimum Gasteiger partial charge on any atom is -0.392 e. The van der Waals surface area contributed by atoms with Crippen molar-refractivity contribution in [3.8, 4) is 0 Å². The Kier molecular flexibility index (Phi) is 7.44. The van der Waals surface area contributed by atoms with Crippen LogP contribution in [-0.2, 0) is 22.6 Å². The van der Waals surface area contributed by atoms with E-state index in [0.717, 1.165) is 12.3 Å². The topological polar surface area (TPSA) is 99.5 Å². The number of nitrogens with zero attached hydrogens (tertiary/aromatic N) is 5. The van der Waals surface area contributed by atoms with Crippen LogP contribution in [0.5, 0.6) is 0 Å². The van der Waals surface area contributed by atoms with E-state index in [1.807, 2.05) is 0 Å². The average Bonchev–Trinajstić information content (AvgIpc) is 2.74. The standard InChI is InChI=1S/C19H24F3N5O3S/c20-19(21,22)15-5-6-18(25-13-15)26-9-11-27(12-10-26)31(29,30)14-16(28)3-1-4-17-23-7-2-8-24-17/h2,5-8,13,16,28H,1,3-4,9-12,14H2. The Morgan fingerprint density at radius 3 is 2.32 bits per heavy atom. The van der Waals surface area contributed by atoms with Gasteiger partial charge in [0, 0.05) is 51.2 Å². The van der Waals surface area contributed by atoms with Crippen molar-refractivity contribution in [2.24, 2.45) is 0 Å². The van der Waals surface area contributed by atoms with E-state index in [1.54, 1.807) is 23.4 Å². The number of sulfonamides is 1. The van der Waals surface area contributed by atoms with Gasteiger partial charge < -0.3 is 10.0 Å². The summed E-state index contributed by atoms with van der Waals surface area (Å²) in [5, 5.41) is 10.2. The number of alkyl halides is 3. The summed E-state index contributed by atoms with van der Waals surface area (Å²) in [5.41, 5.74) is -0.828. The SMILES string of the molecule is O=S(=O)(CC(O)CCCc1ncccn1)N1CCN(c2ccc(C(F)(F)F)cn2)CC1. The molecule has 0 saturated carbocycles. The average molecular weight is 459 g/mol. The fraction of sp³-hybridized carbons (Fsp3) is 0.526. The maximum absolute atomic E-state index is 12.7. The number of pyridine rings is 1. The summed E-state index contributed by atoms with van der Waals surface area (Å²) >= 11 is 0. The Balaban J connectivity index is 1.46. The number of aromatic nitrogens is 3. The van der Waals surface area contributed by atoms with Crippen molar-refractivity contribution in [2.45, 2.75) is 31.5 Å². The van der Waals surface area contributed by atoms with E-state index < -0.39 is 27.9 Å².